The van der Waals surface area contributed by atoms with E-state index in [1.165, 1.54) is 18.2 Å². The molecule has 0 unspecified atom stereocenters. The molecule has 6 nitrogen and oxygen atoms in total. The van der Waals surface area contributed by atoms with Crippen LogP contribution in [0, 0.1) is 0 Å². The Hall–Kier alpha value is -1.47. The van der Waals surface area contributed by atoms with Crippen LogP contribution >= 0.6 is 46.4 Å². The van der Waals surface area contributed by atoms with Crippen LogP contribution in [0.4, 0.5) is 16.2 Å². The van der Waals surface area contributed by atoms with Crippen LogP contribution in [-0.2, 0) is 4.74 Å². The van der Waals surface area contributed by atoms with E-state index < -0.39 is 11.7 Å². The Morgan fingerprint density at radius 2 is 1.56 bits per heavy atom. The van der Waals surface area contributed by atoms with Crippen molar-refractivity contribution in [2.24, 2.45) is 0 Å². The van der Waals surface area contributed by atoms with E-state index in [4.69, 9.17) is 51.1 Å². The van der Waals surface area contributed by atoms with Crippen LogP contribution in [0.25, 0.3) is 0 Å². The first-order valence-corrected chi connectivity index (χ1v) is 8.52. The first kappa shape index (κ1) is 19.8. The van der Waals surface area contributed by atoms with Crippen molar-refractivity contribution < 1.29 is 9.53 Å². The van der Waals surface area contributed by atoms with Gasteiger partial charge in [-0.25, -0.2) is 14.8 Å². The number of anilines is 2. The molecular weight excluding hydrogens is 410 g/mol. The van der Waals surface area contributed by atoms with Crippen LogP contribution in [0.1, 0.15) is 20.8 Å². The summed E-state index contributed by atoms with van der Waals surface area (Å²) in [5, 5.41) is 1.53. The summed E-state index contributed by atoms with van der Waals surface area (Å²) in [5.41, 5.74) is 2.63. The van der Waals surface area contributed by atoms with E-state index in [9.17, 15) is 4.79 Å². The lowest BCUT2D eigenvalue weighted by atomic mass is 10.2. The lowest BCUT2D eigenvalue weighted by Gasteiger charge is -2.28. The molecule has 0 fully saturated rings. The first-order valence-electron chi connectivity index (χ1n) is 7.00. The van der Waals surface area contributed by atoms with E-state index in [0.717, 1.165) is 5.01 Å². The van der Waals surface area contributed by atoms with Crippen LogP contribution < -0.4 is 10.4 Å². The number of nitrogens with zero attached hydrogens (tertiary/aromatic N) is 3. The first-order chi connectivity index (χ1) is 11.6. The average molecular weight is 424 g/mol. The van der Waals surface area contributed by atoms with Crippen molar-refractivity contribution in [3.05, 3.63) is 44.9 Å². The largest absolute Gasteiger partial charge is 0.442 e. The molecule has 2 rings (SSSR count). The van der Waals surface area contributed by atoms with Gasteiger partial charge >= 0.3 is 6.09 Å². The fourth-order valence-corrected chi connectivity index (χ4v) is 2.52. The number of nitrogens with one attached hydrogen (secondary N) is 1. The Labute approximate surface area is 165 Å². The molecule has 0 aliphatic rings. The number of rotatable bonds is 3. The van der Waals surface area contributed by atoms with E-state index in [2.05, 4.69) is 15.4 Å². The predicted molar refractivity (Wildman–Crippen MR) is 101 cm³/mol. The number of carbonyl (C=O) groups excluding carboxylic acids is 1. The molecule has 0 radical (unpaired) electrons. The Bertz CT molecular complexity index is 796. The van der Waals surface area contributed by atoms with Gasteiger partial charge in [-0.3, -0.25) is 5.43 Å². The van der Waals surface area contributed by atoms with Crippen molar-refractivity contribution >= 4 is 63.9 Å². The molecule has 0 aliphatic heterocycles. The summed E-state index contributed by atoms with van der Waals surface area (Å²) < 4.78 is 5.39. The maximum atomic E-state index is 12.6. The number of aromatic nitrogens is 2. The maximum Gasteiger partial charge on any atom is 0.434 e. The number of halogens is 4. The zero-order valence-corrected chi connectivity index (χ0v) is 16.5. The highest BCUT2D eigenvalue weighted by Gasteiger charge is 2.26. The molecule has 2 heterocycles. The van der Waals surface area contributed by atoms with Gasteiger partial charge in [-0.15, -0.1) is 0 Å². The monoisotopic (exact) mass is 422 g/mol. The Balaban J connectivity index is 2.42. The van der Waals surface area contributed by atoms with Gasteiger partial charge in [0.15, 0.2) is 10.3 Å². The van der Waals surface area contributed by atoms with Crippen LogP contribution in [0.5, 0.6) is 0 Å². The fraction of sp³-hybridized carbons (Fsp3) is 0.267. The van der Waals surface area contributed by atoms with Crippen molar-refractivity contribution in [2.75, 3.05) is 10.4 Å². The van der Waals surface area contributed by atoms with Gasteiger partial charge in [0.2, 0.25) is 0 Å². The van der Waals surface area contributed by atoms with Crippen molar-refractivity contribution in [2.45, 2.75) is 26.4 Å². The molecule has 0 spiro atoms. The van der Waals surface area contributed by atoms with E-state index in [1.54, 1.807) is 26.8 Å². The summed E-state index contributed by atoms with van der Waals surface area (Å²) in [6.07, 6.45) is -0.718. The van der Waals surface area contributed by atoms with Gasteiger partial charge in [-0.2, -0.15) is 5.01 Å². The van der Waals surface area contributed by atoms with Gasteiger partial charge in [0, 0.05) is 0 Å². The molecule has 0 atom stereocenters. The van der Waals surface area contributed by atoms with Crippen molar-refractivity contribution in [1.29, 1.82) is 0 Å². The second-order valence-electron chi connectivity index (χ2n) is 5.84. The molecule has 0 bridgehead atoms. The SMILES string of the molecule is CC(C)(C)OC(=O)N(Nc1ccc(Cl)nc1Cl)c1ccc(Cl)nc1Cl. The third-order valence-corrected chi connectivity index (χ3v) is 3.65. The van der Waals surface area contributed by atoms with Crippen LogP contribution in [0.15, 0.2) is 24.3 Å². The molecule has 1 amide bonds. The zero-order chi connectivity index (χ0) is 18.8. The zero-order valence-electron chi connectivity index (χ0n) is 13.5. The highest BCUT2D eigenvalue weighted by atomic mass is 35.5. The van der Waals surface area contributed by atoms with Crippen molar-refractivity contribution in [3.63, 3.8) is 0 Å². The molecule has 0 saturated heterocycles. The standard InChI is InChI=1S/C15H14Cl4N4O2/c1-15(2,3)25-14(24)23(9-5-7-11(17)21-13(9)19)22-8-4-6-10(16)20-12(8)18/h4-7,22H,1-3H3. The fourth-order valence-electron chi connectivity index (χ4n) is 1.70. The summed E-state index contributed by atoms with van der Waals surface area (Å²) in [6, 6.07) is 6.09. The smallest absolute Gasteiger partial charge is 0.434 e. The van der Waals surface area contributed by atoms with Crippen molar-refractivity contribution in [3.8, 4) is 0 Å². The van der Waals surface area contributed by atoms with Crippen LogP contribution in [0.3, 0.4) is 0 Å². The minimum Gasteiger partial charge on any atom is -0.442 e. The number of hydrogen-bond donors (Lipinski definition) is 1. The van der Waals surface area contributed by atoms with Gasteiger partial charge in [-0.05, 0) is 45.0 Å². The second-order valence-corrected chi connectivity index (χ2v) is 7.33. The highest BCUT2D eigenvalue weighted by molar-refractivity contribution is 6.35. The molecule has 134 valence electrons. The molecule has 10 heteroatoms. The Kier molecular flexibility index (Phi) is 6.21. The van der Waals surface area contributed by atoms with Crippen LogP contribution in [0.2, 0.25) is 20.6 Å². The lowest BCUT2D eigenvalue weighted by molar-refractivity contribution is 0.0589. The molecule has 1 N–H and O–H groups in total. The minimum absolute atomic E-state index is 0.00362. The number of pyridine rings is 2. The molecule has 25 heavy (non-hydrogen) atoms. The lowest BCUT2D eigenvalue weighted by Crippen LogP contribution is -2.41. The summed E-state index contributed by atoms with van der Waals surface area (Å²) >= 11 is 23.8. The third kappa shape index (κ3) is 5.51. The minimum atomic E-state index is -0.731. The van der Waals surface area contributed by atoms with E-state index in [1.807, 2.05) is 0 Å². The normalized spacial score (nSPS) is 11.2. The summed E-state index contributed by atoms with van der Waals surface area (Å²) in [6.45, 7) is 5.21. The topological polar surface area (TPSA) is 67.3 Å². The molecule has 0 aromatic carbocycles. The maximum absolute atomic E-state index is 12.6. The van der Waals surface area contributed by atoms with Gasteiger partial charge < -0.3 is 4.74 Å². The van der Waals surface area contributed by atoms with Crippen molar-refractivity contribution in [1.82, 2.24) is 9.97 Å². The van der Waals surface area contributed by atoms with E-state index in [-0.39, 0.29) is 26.3 Å². The molecule has 0 aliphatic carbocycles. The summed E-state index contributed by atoms with van der Waals surface area (Å²) in [7, 11) is 0. The predicted octanol–water partition coefficient (Wildman–Crippen LogP) is 5.86. The third-order valence-electron chi connectivity index (χ3n) is 2.66. The summed E-state index contributed by atoms with van der Waals surface area (Å²) in [5.74, 6) is 0. The highest BCUT2D eigenvalue weighted by Crippen LogP contribution is 2.30. The van der Waals surface area contributed by atoms with E-state index >= 15 is 0 Å². The average Bonchev–Trinajstić information content (AvgIpc) is 2.45. The van der Waals surface area contributed by atoms with Gasteiger partial charge in [0.1, 0.15) is 21.6 Å². The number of amides is 1. The quantitative estimate of drug-likeness (QED) is 0.494. The Morgan fingerprint density at radius 3 is 2.08 bits per heavy atom. The number of hydrazine groups is 1. The molecule has 2 aromatic heterocycles. The molecule has 2 aromatic rings. The van der Waals surface area contributed by atoms with E-state index in [0.29, 0.717) is 5.69 Å². The van der Waals surface area contributed by atoms with Gasteiger partial charge in [0.25, 0.3) is 0 Å². The summed E-state index contributed by atoms with van der Waals surface area (Å²) in [4.78, 5) is 20.4. The Morgan fingerprint density at radius 1 is 1.00 bits per heavy atom. The number of carbonyl (C=O) groups is 1. The van der Waals surface area contributed by atoms with Gasteiger partial charge in [-0.1, -0.05) is 46.4 Å². The number of ether oxygens (including phenoxy) is 1. The molecular formula is C15H14Cl4N4O2. The number of hydrogen-bond acceptors (Lipinski definition) is 5. The van der Waals surface area contributed by atoms with Crippen LogP contribution in [-0.4, -0.2) is 21.7 Å². The van der Waals surface area contributed by atoms with Gasteiger partial charge in [0.05, 0.1) is 5.69 Å². The molecule has 0 saturated carbocycles. The second kappa shape index (κ2) is 7.83.